The van der Waals surface area contributed by atoms with Gasteiger partial charge in [-0.15, -0.1) is 0 Å². The van der Waals surface area contributed by atoms with E-state index in [2.05, 4.69) is 25.5 Å². The smallest absolute Gasteiger partial charge is 0.162 e. The summed E-state index contributed by atoms with van der Waals surface area (Å²) in [5, 5.41) is 10.8. The number of aryl methyl sites for hydroxylation is 1. The first-order valence-electron chi connectivity index (χ1n) is 5.95. The Bertz CT molecular complexity index is 771. The Kier molecular flexibility index (Phi) is 3.15. The van der Waals surface area contributed by atoms with Gasteiger partial charge in [0.2, 0.25) is 0 Å². The number of H-pyrrole nitrogens is 1. The maximum atomic E-state index is 6.10. The van der Waals surface area contributed by atoms with Gasteiger partial charge in [0.15, 0.2) is 11.3 Å². The summed E-state index contributed by atoms with van der Waals surface area (Å²) in [4.78, 5) is 8.41. The van der Waals surface area contributed by atoms with Crippen LogP contribution in [0.25, 0.3) is 11.0 Å². The third kappa shape index (κ3) is 2.14. The number of aromatic amines is 1. The first-order chi connectivity index (χ1) is 9.69. The van der Waals surface area contributed by atoms with E-state index in [4.69, 9.17) is 16.3 Å². The molecule has 2 heterocycles. The highest BCUT2D eigenvalue weighted by molar-refractivity contribution is 6.32. The monoisotopic (exact) mass is 289 g/mol. The number of halogens is 1. The van der Waals surface area contributed by atoms with E-state index < -0.39 is 0 Å². The summed E-state index contributed by atoms with van der Waals surface area (Å²) in [7, 11) is 1.58. The average molecular weight is 290 g/mol. The largest absolute Gasteiger partial charge is 0.495 e. The van der Waals surface area contributed by atoms with Crippen LogP contribution in [0.4, 0.5) is 11.5 Å². The minimum absolute atomic E-state index is 0.529. The second-order valence-electron chi connectivity index (χ2n) is 4.24. The summed E-state index contributed by atoms with van der Waals surface area (Å²) in [6, 6.07) is 5.42. The molecule has 6 nitrogen and oxygen atoms in total. The van der Waals surface area contributed by atoms with Crippen molar-refractivity contribution in [2.45, 2.75) is 6.92 Å². The molecule has 3 aromatic rings. The molecule has 0 saturated heterocycles. The molecule has 3 rings (SSSR count). The number of ether oxygens (including phenoxy) is 1. The molecular weight excluding hydrogens is 278 g/mol. The van der Waals surface area contributed by atoms with E-state index in [1.54, 1.807) is 19.2 Å². The molecule has 0 atom stereocenters. The second-order valence-corrected chi connectivity index (χ2v) is 4.65. The number of nitrogens with one attached hydrogen (secondary N) is 2. The Balaban J connectivity index is 1.99. The lowest BCUT2D eigenvalue weighted by molar-refractivity contribution is 0.415. The molecule has 0 bridgehead atoms. The van der Waals surface area contributed by atoms with Crippen molar-refractivity contribution < 1.29 is 4.74 Å². The van der Waals surface area contributed by atoms with Gasteiger partial charge in [-0.05, 0) is 25.1 Å². The molecule has 1 aromatic carbocycles. The van der Waals surface area contributed by atoms with Gasteiger partial charge >= 0.3 is 0 Å². The lowest BCUT2D eigenvalue weighted by Gasteiger charge is -2.08. The summed E-state index contributed by atoms with van der Waals surface area (Å²) in [5.41, 5.74) is 3.19. The summed E-state index contributed by atoms with van der Waals surface area (Å²) in [6.45, 7) is 1.91. The lowest BCUT2D eigenvalue weighted by atomic mass is 10.3. The van der Waals surface area contributed by atoms with Crippen molar-refractivity contribution in [2.24, 2.45) is 0 Å². The molecule has 102 valence electrons. The Hall–Kier alpha value is -2.34. The van der Waals surface area contributed by atoms with Gasteiger partial charge in [0.1, 0.15) is 17.6 Å². The third-order valence-electron chi connectivity index (χ3n) is 2.93. The fraction of sp³-hybridized carbons (Fsp3) is 0.154. The van der Waals surface area contributed by atoms with E-state index in [0.29, 0.717) is 22.1 Å². The fourth-order valence-corrected chi connectivity index (χ4v) is 2.18. The molecule has 0 aliphatic heterocycles. The Morgan fingerprint density at radius 1 is 1.25 bits per heavy atom. The highest BCUT2D eigenvalue weighted by atomic mass is 35.5. The number of fused-ring (bicyclic) bond motifs is 1. The minimum atomic E-state index is 0.529. The first-order valence-corrected chi connectivity index (χ1v) is 6.33. The number of nitrogens with zero attached hydrogens (tertiary/aromatic N) is 3. The molecule has 7 heteroatoms. The van der Waals surface area contributed by atoms with E-state index >= 15 is 0 Å². The van der Waals surface area contributed by atoms with E-state index in [1.807, 2.05) is 13.0 Å². The lowest BCUT2D eigenvalue weighted by Crippen LogP contribution is -1.96. The Morgan fingerprint density at radius 3 is 2.85 bits per heavy atom. The van der Waals surface area contributed by atoms with E-state index in [9.17, 15) is 0 Å². The van der Waals surface area contributed by atoms with Crippen LogP contribution < -0.4 is 10.1 Å². The summed E-state index contributed by atoms with van der Waals surface area (Å²) >= 11 is 6.10. The fourth-order valence-electron chi connectivity index (χ4n) is 1.92. The van der Waals surface area contributed by atoms with Crippen molar-refractivity contribution in [1.82, 2.24) is 20.2 Å². The quantitative estimate of drug-likeness (QED) is 0.775. The van der Waals surface area contributed by atoms with Crippen molar-refractivity contribution in [3.8, 4) is 5.75 Å². The Morgan fingerprint density at radius 2 is 2.10 bits per heavy atom. The first kappa shape index (κ1) is 12.7. The van der Waals surface area contributed by atoms with Crippen LogP contribution in [0.15, 0.2) is 24.5 Å². The number of aromatic nitrogens is 4. The van der Waals surface area contributed by atoms with Crippen LogP contribution >= 0.6 is 11.6 Å². The van der Waals surface area contributed by atoms with Crippen LogP contribution in [0.1, 0.15) is 5.69 Å². The predicted octanol–water partition coefficient (Wildman–Crippen LogP) is 3.07. The average Bonchev–Trinajstić information content (AvgIpc) is 2.82. The van der Waals surface area contributed by atoms with Crippen LogP contribution in [-0.4, -0.2) is 27.3 Å². The van der Waals surface area contributed by atoms with Gasteiger partial charge in [-0.1, -0.05) is 11.6 Å². The standard InChI is InChI=1S/C13H12ClN5O/c1-7-11-12(19-18-7)13(16-6-15-11)17-8-3-4-10(20-2)9(14)5-8/h3-6H,1-2H3,(H,18,19)(H,15,16,17). The topological polar surface area (TPSA) is 75.7 Å². The van der Waals surface area contributed by atoms with Crippen LogP contribution in [0.3, 0.4) is 0 Å². The molecule has 2 aromatic heterocycles. The molecule has 0 fully saturated rings. The highest BCUT2D eigenvalue weighted by Gasteiger charge is 2.10. The Labute approximate surface area is 120 Å². The number of hydrogen-bond donors (Lipinski definition) is 2. The molecule has 0 saturated carbocycles. The molecule has 20 heavy (non-hydrogen) atoms. The number of rotatable bonds is 3. The number of benzene rings is 1. The molecule has 0 aliphatic carbocycles. The molecule has 0 amide bonds. The molecule has 0 unspecified atom stereocenters. The SMILES string of the molecule is COc1ccc(Nc2ncnc3c(C)[nH]nc23)cc1Cl. The second kappa shape index (κ2) is 4.97. The van der Waals surface area contributed by atoms with Crippen LogP contribution in [-0.2, 0) is 0 Å². The number of anilines is 2. The van der Waals surface area contributed by atoms with Crippen molar-refractivity contribution in [3.63, 3.8) is 0 Å². The van der Waals surface area contributed by atoms with Crippen LogP contribution in [0.2, 0.25) is 5.02 Å². The van der Waals surface area contributed by atoms with Gasteiger partial charge in [-0.25, -0.2) is 9.97 Å². The normalized spacial score (nSPS) is 10.8. The molecule has 0 radical (unpaired) electrons. The molecular formula is C13H12ClN5O. The van der Waals surface area contributed by atoms with Crippen molar-refractivity contribution in [2.75, 3.05) is 12.4 Å². The maximum absolute atomic E-state index is 6.10. The van der Waals surface area contributed by atoms with Crippen molar-refractivity contribution in [1.29, 1.82) is 0 Å². The van der Waals surface area contributed by atoms with E-state index in [1.165, 1.54) is 6.33 Å². The minimum Gasteiger partial charge on any atom is -0.495 e. The summed E-state index contributed by atoms with van der Waals surface area (Å²) < 4.78 is 5.12. The van der Waals surface area contributed by atoms with Crippen LogP contribution in [0.5, 0.6) is 5.75 Å². The zero-order chi connectivity index (χ0) is 14.1. The highest BCUT2D eigenvalue weighted by Crippen LogP contribution is 2.29. The maximum Gasteiger partial charge on any atom is 0.162 e. The molecule has 0 spiro atoms. The van der Waals surface area contributed by atoms with Crippen LogP contribution in [0, 0.1) is 6.92 Å². The molecule has 0 aliphatic rings. The van der Waals surface area contributed by atoms with E-state index in [-0.39, 0.29) is 0 Å². The van der Waals surface area contributed by atoms with E-state index in [0.717, 1.165) is 16.9 Å². The number of methoxy groups -OCH3 is 1. The van der Waals surface area contributed by atoms with Gasteiger partial charge < -0.3 is 10.1 Å². The summed E-state index contributed by atoms with van der Waals surface area (Å²) in [5.74, 6) is 1.25. The molecule has 2 N–H and O–H groups in total. The zero-order valence-corrected chi connectivity index (χ0v) is 11.7. The van der Waals surface area contributed by atoms with Gasteiger partial charge in [-0.3, -0.25) is 5.10 Å². The van der Waals surface area contributed by atoms with Gasteiger partial charge in [0.05, 0.1) is 17.8 Å². The predicted molar refractivity (Wildman–Crippen MR) is 77.7 cm³/mol. The number of hydrogen-bond acceptors (Lipinski definition) is 5. The van der Waals surface area contributed by atoms with Gasteiger partial charge in [-0.2, -0.15) is 5.10 Å². The van der Waals surface area contributed by atoms with Gasteiger partial charge in [0, 0.05) is 5.69 Å². The summed E-state index contributed by atoms with van der Waals surface area (Å²) in [6.07, 6.45) is 1.50. The van der Waals surface area contributed by atoms with Crippen molar-refractivity contribution in [3.05, 3.63) is 35.2 Å². The zero-order valence-electron chi connectivity index (χ0n) is 10.9. The third-order valence-corrected chi connectivity index (χ3v) is 3.22. The van der Waals surface area contributed by atoms with Gasteiger partial charge in [0.25, 0.3) is 0 Å². The van der Waals surface area contributed by atoms with Crippen molar-refractivity contribution >= 4 is 34.1 Å².